The van der Waals surface area contributed by atoms with Gasteiger partial charge in [-0.2, -0.15) is 10.1 Å². The van der Waals surface area contributed by atoms with Gasteiger partial charge in [-0.05, 0) is 57.8 Å². The van der Waals surface area contributed by atoms with Gasteiger partial charge >= 0.3 is 0 Å². The number of hydrogen-bond donors (Lipinski definition) is 1. The molecule has 9 heteroatoms. The first-order valence-electron chi connectivity index (χ1n) is 10.3. The quantitative estimate of drug-likeness (QED) is 0.711. The summed E-state index contributed by atoms with van der Waals surface area (Å²) in [5.41, 5.74) is 5.40. The summed E-state index contributed by atoms with van der Waals surface area (Å²) in [6.45, 7) is 6.01. The highest BCUT2D eigenvalue weighted by atomic mass is 16.5. The largest absolute Gasteiger partial charge is 0.337 e. The number of carbonyl (C=O) groups is 1. The molecule has 1 saturated heterocycles. The number of carbonyl (C=O) groups excluding carboxylic acids is 1. The molecule has 0 spiro atoms. The number of fused-ring (bicyclic) bond motifs is 1. The molecule has 1 N–H and O–H groups in total. The van der Waals surface area contributed by atoms with Crippen LogP contribution in [0.5, 0.6) is 0 Å². The van der Waals surface area contributed by atoms with E-state index >= 15 is 0 Å². The average molecular weight is 407 g/mol. The van der Waals surface area contributed by atoms with Crippen molar-refractivity contribution in [3.8, 4) is 11.4 Å². The SMILES string of the molecule is Cc1ncc2c(c1-c1noc([C@@H]3CCCN3C)n1)CCN(C(=O)c1cn[nH]c1C)C2. The second-order valence-electron chi connectivity index (χ2n) is 8.20. The zero-order valence-corrected chi connectivity index (χ0v) is 17.5. The van der Waals surface area contributed by atoms with Gasteiger partial charge < -0.3 is 9.42 Å². The van der Waals surface area contributed by atoms with E-state index in [9.17, 15) is 4.79 Å². The molecule has 5 rings (SSSR count). The Morgan fingerprint density at radius 1 is 1.27 bits per heavy atom. The average Bonchev–Trinajstić information content (AvgIpc) is 3.48. The fraction of sp³-hybridized carbons (Fsp3) is 0.476. The summed E-state index contributed by atoms with van der Waals surface area (Å²) in [7, 11) is 2.09. The van der Waals surface area contributed by atoms with Crippen molar-refractivity contribution in [2.75, 3.05) is 20.1 Å². The van der Waals surface area contributed by atoms with Crippen LogP contribution in [0.4, 0.5) is 0 Å². The Labute approximate surface area is 174 Å². The number of hydrogen-bond acceptors (Lipinski definition) is 7. The van der Waals surface area contributed by atoms with Crippen molar-refractivity contribution < 1.29 is 9.32 Å². The maximum absolute atomic E-state index is 12.9. The Kier molecular flexibility index (Phi) is 4.62. The van der Waals surface area contributed by atoms with Crippen LogP contribution in [0.1, 0.15) is 57.6 Å². The lowest BCUT2D eigenvalue weighted by Crippen LogP contribution is -2.36. The maximum atomic E-state index is 12.9. The Bertz CT molecular complexity index is 1100. The molecule has 30 heavy (non-hydrogen) atoms. The van der Waals surface area contributed by atoms with Crippen LogP contribution in [0, 0.1) is 13.8 Å². The van der Waals surface area contributed by atoms with Crippen LogP contribution in [0.15, 0.2) is 16.9 Å². The fourth-order valence-electron chi connectivity index (χ4n) is 4.55. The summed E-state index contributed by atoms with van der Waals surface area (Å²) in [5, 5.41) is 11.1. The second kappa shape index (κ2) is 7.32. The van der Waals surface area contributed by atoms with Crippen LogP contribution in [0.2, 0.25) is 0 Å². The minimum atomic E-state index is -0.0138. The summed E-state index contributed by atoms with van der Waals surface area (Å²) in [6, 6.07) is 0.186. The highest BCUT2D eigenvalue weighted by Gasteiger charge is 2.31. The molecule has 0 bridgehead atoms. The third-order valence-corrected chi connectivity index (χ3v) is 6.28. The normalized spacial score (nSPS) is 19.3. The molecule has 0 unspecified atom stereocenters. The number of rotatable bonds is 3. The number of amides is 1. The number of aromatic amines is 1. The molecule has 0 radical (unpaired) electrons. The van der Waals surface area contributed by atoms with Gasteiger partial charge in [0.2, 0.25) is 11.7 Å². The molecule has 9 nitrogen and oxygen atoms in total. The van der Waals surface area contributed by atoms with Gasteiger partial charge in [-0.1, -0.05) is 5.16 Å². The molecular weight excluding hydrogens is 382 g/mol. The maximum Gasteiger partial charge on any atom is 0.257 e. The molecule has 3 aromatic heterocycles. The van der Waals surface area contributed by atoms with Crippen LogP contribution in [-0.2, 0) is 13.0 Å². The number of pyridine rings is 1. The van der Waals surface area contributed by atoms with Gasteiger partial charge in [0.25, 0.3) is 5.91 Å². The van der Waals surface area contributed by atoms with Crippen LogP contribution in [0.25, 0.3) is 11.4 Å². The van der Waals surface area contributed by atoms with Crippen LogP contribution in [0.3, 0.4) is 0 Å². The molecule has 2 aliphatic rings. The van der Waals surface area contributed by atoms with Crippen LogP contribution in [-0.4, -0.2) is 61.2 Å². The Morgan fingerprint density at radius 3 is 2.87 bits per heavy atom. The molecule has 3 aromatic rings. The number of nitrogens with one attached hydrogen (secondary N) is 1. The number of H-pyrrole nitrogens is 1. The van der Waals surface area contributed by atoms with Crippen molar-refractivity contribution in [3.63, 3.8) is 0 Å². The van der Waals surface area contributed by atoms with Gasteiger partial charge in [0, 0.05) is 36.2 Å². The lowest BCUT2D eigenvalue weighted by Gasteiger charge is -2.30. The highest BCUT2D eigenvalue weighted by molar-refractivity contribution is 5.95. The number of nitrogens with zero attached hydrogens (tertiary/aromatic N) is 6. The molecular formula is C21H25N7O2. The Morgan fingerprint density at radius 2 is 2.13 bits per heavy atom. The summed E-state index contributed by atoms with van der Waals surface area (Å²) in [6.07, 6.45) is 6.35. The molecule has 0 saturated carbocycles. The summed E-state index contributed by atoms with van der Waals surface area (Å²) >= 11 is 0. The van der Waals surface area contributed by atoms with E-state index in [1.165, 1.54) is 0 Å². The lowest BCUT2D eigenvalue weighted by molar-refractivity contribution is 0.0734. The summed E-state index contributed by atoms with van der Waals surface area (Å²) in [5.74, 6) is 1.25. The molecule has 5 heterocycles. The van der Waals surface area contributed by atoms with Crippen LogP contribution >= 0.6 is 0 Å². The Balaban J connectivity index is 1.45. The van der Waals surface area contributed by atoms with E-state index in [1.54, 1.807) is 6.20 Å². The molecule has 0 aromatic carbocycles. The molecule has 1 fully saturated rings. The van der Waals surface area contributed by atoms with E-state index in [0.29, 0.717) is 30.4 Å². The van der Waals surface area contributed by atoms with E-state index in [-0.39, 0.29) is 11.9 Å². The van der Waals surface area contributed by atoms with Crippen molar-refractivity contribution in [2.24, 2.45) is 0 Å². The predicted molar refractivity (Wildman–Crippen MR) is 109 cm³/mol. The van der Waals surface area contributed by atoms with Crippen molar-refractivity contribution in [2.45, 2.75) is 45.7 Å². The molecule has 156 valence electrons. The van der Waals surface area contributed by atoms with Gasteiger partial charge in [-0.3, -0.25) is 19.8 Å². The van der Waals surface area contributed by atoms with Gasteiger partial charge in [-0.15, -0.1) is 0 Å². The van der Waals surface area contributed by atoms with E-state index in [2.05, 4.69) is 32.3 Å². The highest BCUT2D eigenvalue weighted by Crippen LogP contribution is 2.34. The molecule has 0 aliphatic carbocycles. The van der Waals surface area contributed by atoms with E-state index < -0.39 is 0 Å². The lowest BCUT2D eigenvalue weighted by atomic mass is 9.94. The standard InChI is InChI=1S/C21H25N7O2/c1-12-16(10-23-25-12)21(29)28-8-6-15-14(11-28)9-22-13(2)18(15)19-24-20(30-26-19)17-5-4-7-27(17)3/h9-10,17H,4-8,11H2,1-3H3,(H,23,25)/t17-/m0/s1. The van der Waals surface area contributed by atoms with Gasteiger partial charge in [-0.25, -0.2) is 0 Å². The first-order valence-corrected chi connectivity index (χ1v) is 10.3. The van der Waals surface area contributed by atoms with E-state index in [0.717, 1.165) is 53.9 Å². The second-order valence-corrected chi connectivity index (χ2v) is 8.20. The van der Waals surface area contributed by atoms with Crippen molar-refractivity contribution >= 4 is 5.91 Å². The summed E-state index contributed by atoms with van der Waals surface area (Å²) < 4.78 is 5.64. The number of aryl methyl sites for hydroxylation is 2. The monoisotopic (exact) mass is 407 g/mol. The molecule has 2 aliphatic heterocycles. The zero-order valence-electron chi connectivity index (χ0n) is 17.5. The molecule has 1 amide bonds. The number of likely N-dealkylation sites (tertiary alicyclic amines) is 1. The van der Waals surface area contributed by atoms with Crippen molar-refractivity contribution in [1.29, 1.82) is 0 Å². The minimum Gasteiger partial charge on any atom is -0.337 e. The first kappa shape index (κ1) is 18.9. The van der Waals surface area contributed by atoms with Gasteiger partial charge in [0.15, 0.2) is 0 Å². The first-order chi connectivity index (χ1) is 14.5. The molecule has 1 atom stereocenters. The minimum absolute atomic E-state index is 0.0138. The third-order valence-electron chi connectivity index (χ3n) is 6.28. The van der Waals surface area contributed by atoms with Crippen molar-refractivity contribution in [1.82, 2.24) is 35.1 Å². The summed E-state index contributed by atoms with van der Waals surface area (Å²) in [4.78, 5) is 26.3. The van der Waals surface area contributed by atoms with Crippen LogP contribution < -0.4 is 0 Å². The van der Waals surface area contributed by atoms with Gasteiger partial charge in [0.1, 0.15) is 0 Å². The zero-order chi connectivity index (χ0) is 20.8. The Hall–Kier alpha value is -3.07. The smallest absolute Gasteiger partial charge is 0.257 e. The van der Waals surface area contributed by atoms with E-state index in [1.807, 2.05) is 24.9 Å². The van der Waals surface area contributed by atoms with E-state index in [4.69, 9.17) is 9.51 Å². The predicted octanol–water partition coefficient (Wildman–Crippen LogP) is 2.44. The topological polar surface area (TPSA) is 104 Å². The number of aromatic nitrogens is 5. The van der Waals surface area contributed by atoms with Gasteiger partial charge in [0.05, 0.1) is 17.8 Å². The fourth-order valence-corrected chi connectivity index (χ4v) is 4.55. The van der Waals surface area contributed by atoms with Crippen molar-refractivity contribution in [3.05, 3.63) is 46.4 Å². The third kappa shape index (κ3) is 3.09.